The summed E-state index contributed by atoms with van der Waals surface area (Å²) >= 11 is 0. The number of hydrogen-bond acceptors (Lipinski definition) is 7. The molecule has 0 fully saturated rings. The smallest absolute Gasteiger partial charge is 0.242 e. The first-order valence-corrected chi connectivity index (χ1v) is 11.3. The normalized spacial score (nSPS) is 13.1. The van der Waals surface area contributed by atoms with Gasteiger partial charge in [0.15, 0.2) is 0 Å². The molecule has 32 heavy (non-hydrogen) atoms. The van der Waals surface area contributed by atoms with Gasteiger partial charge in [-0.2, -0.15) is 0 Å². The molecule has 1 aromatic heterocycles. The van der Waals surface area contributed by atoms with Crippen molar-refractivity contribution in [1.82, 2.24) is 20.3 Å². The minimum absolute atomic E-state index is 0.0738. The molecule has 2 rings (SSSR count). The highest BCUT2D eigenvalue weighted by Gasteiger charge is 2.26. The summed E-state index contributed by atoms with van der Waals surface area (Å²) in [5.41, 5.74) is 6.85. The van der Waals surface area contributed by atoms with Crippen LogP contribution in [0.4, 0.5) is 0 Å². The summed E-state index contributed by atoms with van der Waals surface area (Å²) in [6.45, 7) is 0.720. The lowest BCUT2D eigenvalue weighted by Gasteiger charge is -2.19. The van der Waals surface area contributed by atoms with Crippen LogP contribution < -0.4 is 21.1 Å². The molecular formula is C20H26N6O5S. The van der Waals surface area contributed by atoms with Crippen LogP contribution >= 0.6 is 0 Å². The van der Waals surface area contributed by atoms with Crippen molar-refractivity contribution in [2.24, 2.45) is 5.73 Å². The molecule has 1 aromatic carbocycles. The molecule has 172 valence electrons. The molecule has 2 aromatic rings. The van der Waals surface area contributed by atoms with Gasteiger partial charge in [0, 0.05) is 11.8 Å². The molecule has 0 saturated heterocycles. The molecule has 7 N–H and O–H groups in total. The molecule has 0 aliphatic heterocycles. The Bertz CT molecular complexity index is 1040. The lowest BCUT2D eigenvalue weighted by molar-refractivity contribution is -0.130. The van der Waals surface area contributed by atoms with Crippen LogP contribution in [0.5, 0.6) is 0 Å². The molecule has 0 spiro atoms. The second kappa shape index (κ2) is 11.3. The molecule has 0 radical (unpaired) electrons. The van der Waals surface area contributed by atoms with Crippen molar-refractivity contribution in [2.45, 2.75) is 31.3 Å². The maximum absolute atomic E-state index is 12.4. The van der Waals surface area contributed by atoms with E-state index in [4.69, 9.17) is 11.1 Å². The molecule has 0 aliphatic rings. The Labute approximate surface area is 186 Å². The van der Waals surface area contributed by atoms with E-state index in [1.54, 1.807) is 42.5 Å². The summed E-state index contributed by atoms with van der Waals surface area (Å²) in [4.78, 5) is 28.7. The van der Waals surface area contributed by atoms with Crippen molar-refractivity contribution >= 4 is 27.7 Å². The van der Waals surface area contributed by atoms with Gasteiger partial charge in [-0.15, -0.1) is 0 Å². The van der Waals surface area contributed by atoms with Gasteiger partial charge in [-0.1, -0.05) is 30.3 Å². The SMILES string of the molecule is CC(NC(=O)C(CO)NS(=O)(=O)Cc1ccccc1)C(=O)NCc1ccc(C(=N)N)cn1. The van der Waals surface area contributed by atoms with E-state index in [0.29, 0.717) is 16.8 Å². The molecule has 0 bridgehead atoms. The largest absolute Gasteiger partial charge is 0.394 e. The molecule has 0 aliphatic carbocycles. The number of hydrogen-bond donors (Lipinski definition) is 6. The third-order valence-electron chi connectivity index (χ3n) is 4.35. The van der Waals surface area contributed by atoms with Crippen molar-refractivity contribution in [2.75, 3.05) is 6.61 Å². The number of nitrogens with two attached hydrogens (primary N) is 1. The summed E-state index contributed by atoms with van der Waals surface area (Å²) in [6, 6.07) is 9.13. The Kier molecular flexibility index (Phi) is 8.81. The average Bonchev–Trinajstić information content (AvgIpc) is 2.76. The van der Waals surface area contributed by atoms with Gasteiger partial charge in [0.25, 0.3) is 0 Å². The summed E-state index contributed by atoms with van der Waals surface area (Å²) in [5, 5.41) is 21.8. The van der Waals surface area contributed by atoms with Gasteiger partial charge in [0.2, 0.25) is 21.8 Å². The van der Waals surface area contributed by atoms with Crippen LogP contribution in [0.15, 0.2) is 48.7 Å². The van der Waals surface area contributed by atoms with Crippen LogP contribution in [-0.2, 0) is 31.9 Å². The molecular weight excluding hydrogens is 436 g/mol. The molecule has 1 heterocycles. The number of benzene rings is 1. The number of aliphatic hydroxyl groups is 1. The van der Waals surface area contributed by atoms with E-state index in [9.17, 15) is 23.1 Å². The highest BCUT2D eigenvalue weighted by atomic mass is 32.2. The Hall–Kier alpha value is -3.35. The minimum atomic E-state index is -3.91. The number of nitrogens with one attached hydrogen (secondary N) is 4. The van der Waals surface area contributed by atoms with E-state index in [0.717, 1.165) is 0 Å². The average molecular weight is 463 g/mol. The zero-order valence-electron chi connectivity index (χ0n) is 17.4. The third kappa shape index (κ3) is 7.72. The second-order valence-corrected chi connectivity index (χ2v) is 8.75. The van der Waals surface area contributed by atoms with Crippen LogP contribution in [0.3, 0.4) is 0 Å². The Morgan fingerprint density at radius 1 is 1.16 bits per heavy atom. The number of amidine groups is 1. The predicted molar refractivity (Wildman–Crippen MR) is 118 cm³/mol. The standard InChI is InChI=1S/C20H26N6O5S/c1-13(19(28)24-10-16-8-7-15(9-23-16)18(21)22)25-20(29)17(11-27)26-32(30,31)12-14-5-3-2-4-6-14/h2-9,13,17,26-27H,10-12H2,1H3,(H3,21,22)(H,24,28)(H,25,29). The number of aromatic nitrogens is 1. The first kappa shape index (κ1) is 24.9. The summed E-state index contributed by atoms with van der Waals surface area (Å²) < 4.78 is 26.8. The highest BCUT2D eigenvalue weighted by molar-refractivity contribution is 7.88. The number of sulfonamides is 1. The zero-order chi connectivity index (χ0) is 23.7. The second-order valence-electron chi connectivity index (χ2n) is 7.00. The predicted octanol–water partition coefficient (Wildman–Crippen LogP) is -1.03. The van der Waals surface area contributed by atoms with E-state index >= 15 is 0 Å². The maximum atomic E-state index is 12.4. The number of carbonyl (C=O) groups excluding carboxylic acids is 2. The lowest BCUT2D eigenvalue weighted by atomic mass is 10.2. The number of pyridine rings is 1. The van der Waals surface area contributed by atoms with Gasteiger partial charge in [-0.05, 0) is 24.6 Å². The fourth-order valence-corrected chi connectivity index (χ4v) is 3.95. The Morgan fingerprint density at radius 2 is 1.84 bits per heavy atom. The zero-order valence-corrected chi connectivity index (χ0v) is 18.2. The van der Waals surface area contributed by atoms with E-state index in [2.05, 4.69) is 20.3 Å². The Morgan fingerprint density at radius 3 is 2.41 bits per heavy atom. The number of nitrogen functional groups attached to an aromatic ring is 1. The van der Waals surface area contributed by atoms with Gasteiger partial charge in [-0.3, -0.25) is 20.0 Å². The van der Waals surface area contributed by atoms with E-state index in [-0.39, 0.29) is 18.1 Å². The minimum Gasteiger partial charge on any atom is -0.394 e. The van der Waals surface area contributed by atoms with E-state index in [1.165, 1.54) is 13.1 Å². The highest BCUT2D eigenvalue weighted by Crippen LogP contribution is 2.05. The number of amides is 2. The van der Waals surface area contributed by atoms with Crippen molar-refractivity contribution in [1.29, 1.82) is 5.41 Å². The van der Waals surface area contributed by atoms with Gasteiger partial charge >= 0.3 is 0 Å². The summed E-state index contributed by atoms with van der Waals surface area (Å²) in [6.07, 6.45) is 1.41. The van der Waals surface area contributed by atoms with Crippen LogP contribution in [0, 0.1) is 5.41 Å². The first-order chi connectivity index (χ1) is 15.1. The molecule has 2 amide bonds. The van der Waals surface area contributed by atoms with Crippen LogP contribution in [-0.4, -0.2) is 54.8 Å². The topological polar surface area (TPSA) is 187 Å². The number of aliphatic hydroxyl groups excluding tert-OH is 1. The van der Waals surface area contributed by atoms with Crippen molar-refractivity contribution in [3.8, 4) is 0 Å². The van der Waals surface area contributed by atoms with Crippen molar-refractivity contribution < 1.29 is 23.1 Å². The lowest BCUT2D eigenvalue weighted by Crippen LogP contribution is -2.54. The van der Waals surface area contributed by atoms with E-state index < -0.39 is 40.5 Å². The number of rotatable bonds is 11. The molecule has 0 saturated carbocycles. The fraction of sp³-hybridized carbons (Fsp3) is 0.300. The monoisotopic (exact) mass is 462 g/mol. The Balaban J connectivity index is 1.88. The van der Waals surface area contributed by atoms with Gasteiger partial charge < -0.3 is 21.5 Å². The van der Waals surface area contributed by atoms with Gasteiger partial charge in [-0.25, -0.2) is 13.1 Å². The molecule has 2 unspecified atom stereocenters. The third-order valence-corrected chi connectivity index (χ3v) is 5.71. The molecule has 11 nitrogen and oxygen atoms in total. The maximum Gasteiger partial charge on any atom is 0.242 e. The molecule has 2 atom stereocenters. The summed E-state index contributed by atoms with van der Waals surface area (Å²) in [7, 11) is -3.91. The van der Waals surface area contributed by atoms with Crippen molar-refractivity contribution in [3.63, 3.8) is 0 Å². The summed E-state index contributed by atoms with van der Waals surface area (Å²) in [5.74, 6) is -1.85. The first-order valence-electron chi connectivity index (χ1n) is 9.63. The van der Waals surface area contributed by atoms with E-state index in [1.807, 2.05) is 0 Å². The van der Waals surface area contributed by atoms with Gasteiger partial charge in [0.05, 0.1) is 24.6 Å². The van der Waals surface area contributed by atoms with Crippen LogP contribution in [0.2, 0.25) is 0 Å². The van der Waals surface area contributed by atoms with Crippen molar-refractivity contribution in [3.05, 3.63) is 65.5 Å². The number of carbonyl (C=O) groups is 2. The van der Waals surface area contributed by atoms with Crippen LogP contribution in [0.1, 0.15) is 23.7 Å². The molecule has 12 heteroatoms. The quantitative estimate of drug-likeness (QED) is 0.182. The van der Waals surface area contributed by atoms with Crippen LogP contribution in [0.25, 0.3) is 0 Å². The number of nitrogens with zero attached hydrogens (tertiary/aromatic N) is 1. The fourth-order valence-electron chi connectivity index (χ4n) is 2.62. The van der Waals surface area contributed by atoms with Gasteiger partial charge in [0.1, 0.15) is 17.9 Å².